The molecule has 36 heavy (non-hydrogen) atoms. The monoisotopic (exact) mass is 485 g/mol. The van der Waals surface area contributed by atoms with Gasteiger partial charge in [-0.05, 0) is 60.9 Å². The molecule has 0 bridgehead atoms. The lowest BCUT2D eigenvalue weighted by atomic mass is 10.00. The van der Waals surface area contributed by atoms with Gasteiger partial charge >= 0.3 is 0 Å². The van der Waals surface area contributed by atoms with E-state index in [0.29, 0.717) is 0 Å². The average Bonchev–Trinajstić information content (AvgIpc) is 2.93. The molecular weight excluding hydrogens is 438 g/mol. The smallest absolute Gasteiger partial charge is 0.137 e. The fourth-order valence-electron chi connectivity index (χ4n) is 4.64. The standard InChI is InChI=1S/C34H47NO/c1-3-5-7-9-11-13-27-36-33-25-26-34(35-28-33)32-23-21-31(22-24-32)20-19-30-17-15-29(16-18-30)14-12-10-8-6-4-2/h15-18,21-26,28H,3-14,19-20,27H2,1-2H3. The molecule has 2 heteroatoms. The Balaban J connectivity index is 1.37. The van der Waals surface area contributed by atoms with Crippen molar-refractivity contribution < 1.29 is 4.74 Å². The van der Waals surface area contributed by atoms with E-state index in [1.54, 1.807) is 0 Å². The molecule has 0 spiro atoms. The van der Waals surface area contributed by atoms with E-state index >= 15 is 0 Å². The van der Waals surface area contributed by atoms with Crippen LogP contribution in [0, 0.1) is 0 Å². The zero-order chi connectivity index (χ0) is 25.3. The second kappa shape index (κ2) is 17.0. The Labute approximate surface area is 220 Å². The van der Waals surface area contributed by atoms with E-state index in [4.69, 9.17) is 4.74 Å². The first-order valence-corrected chi connectivity index (χ1v) is 14.5. The SMILES string of the molecule is CCCCCCCCOc1ccc(-c2ccc(CCc3ccc(CCCCCCC)cc3)cc2)nc1. The molecule has 0 amide bonds. The molecule has 0 aliphatic carbocycles. The summed E-state index contributed by atoms with van der Waals surface area (Å²) in [4.78, 5) is 4.63. The molecule has 3 aromatic rings. The van der Waals surface area contributed by atoms with Gasteiger partial charge in [-0.1, -0.05) is 120 Å². The molecule has 0 aliphatic heterocycles. The summed E-state index contributed by atoms with van der Waals surface area (Å²) in [5.41, 5.74) is 6.43. The predicted octanol–water partition coefficient (Wildman–Crippen LogP) is 9.79. The van der Waals surface area contributed by atoms with Gasteiger partial charge in [0.1, 0.15) is 5.75 Å². The molecule has 0 aliphatic rings. The number of pyridine rings is 1. The number of hydrogen-bond donors (Lipinski definition) is 0. The van der Waals surface area contributed by atoms with Crippen LogP contribution in [-0.4, -0.2) is 11.6 Å². The number of aromatic nitrogens is 1. The number of unbranched alkanes of at least 4 members (excludes halogenated alkanes) is 9. The van der Waals surface area contributed by atoms with E-state index in [0.717, 1.165) is 42.9 Å². The lowest BCUT2D eigenvalue weighted by molar-refractivity contribution is 0.303. The highest BCUT2D eigenvalue weighted by Crippen LogP contribution is 2.21. The first-order valence-electron chi connectivity index (χ1n) is 14.5. The third-order valence-electron chi connectivity index (χ3n) is 7.05. The summed E-state index contributed by atoms with van der Waals surface area (Å²) in [7, 11) is 0. The van der Waals surface area contributed by atoms with Crippen molar-refractivity contribution in [1.82, 2.24) is 4.98 Å². The van der Waals surface area contributed by atoms with Crippen molar-refractivity contribution in [2.75, 3.05) is 6.61 Å². The molecule has 194 valence electrons. The zero-order valence-electron chi connectivity index (χ0n) is 22.8. The highest BCUT2D eigenvalue weighted by molar-refractivity contribution is 5.59. The second-order valence-corrected chi connectivity index (χ2v) is 10.2. The topological polar surface area (TPSA) is 22.1 Å². The third-order valence-corrected chi connectivity index (χ3v) is 7.05. The van der Waals surface area contributed by atoms with E-state index in [2.05, 4.69) is 73.4 Å². The number of nitrogens with zero attached hydrogens (tertiary/aromatic N) is 1. The van der Waals surface area contributed by atoms with Gasteiger partial charge in [0.25, 0.3) is 0 Å². The van der Waals surface area contributed by atoms with Gasteiger partial charge in [-0.15, -0.1) is 0 Å². The van der Waals surface area contributed by atoms with Crippen molar-refractivity contribution in [3.8, 4) is 17.0 Å². The van der Waals surface area contributed by atoms with Crippen LogP contribution < -0.4 is 4.74 Å². The molecule has 0 N–H and O–H groups in total. The van der Waals surface area contributed by atoms with Gasteiger partial charge in [0.2, 0.25) is 0 Å². The van der Waals surface area contributed by atoms with Gasteiger partial charge in [0.15, 0.2) is 0 Å². The molecule has 0 atom stereocenters. The molecular formula is C34H47NO. The van der Waals surface area contributed by atoms with Crippen LogP contribution in [-0.2, 0) is 19.3 Å². The van der Waals surface area contributed by atoms with Crippen LogP contribution in [0.15, 0.2) is 66.9 Å². The molecule has 0 saturated carbocycles. The summed E-state index contributed by atoms with van der Waals surface area (Å²) in [6, 6.07) is 22.3. The summed E-state index contributed by atoms with van der Waals surface area (Å²) >= 11 is 0. The number of rotatable bonds is 18. The Hall–Kier alpha value is -2.61. The molecule has 1 heterocycles. The molecule has 0 saturated heterocycles. The normalized spacial score (nSPS) is 11.1. The van der Waals surface area contributed by atoms with Crippen LogP contribution in [0.25, 0.3) is 11.3 Å². The minimum atomic E-state index is 0.781. The van der Waals surface area contributed by atoms with E-state index in [-0.39, 0.29) is 0 Å². The summed E-state index contributed by atoms with van der Waals surface area (Å²) in [5, 5.41) is 0. The summed E-state index contributed by atoms with van der Waals surface area (Å²) in [5.74, 6) is 0.867. The van der Waals surface area contributed by atoms with E-state index in [1.807, 2.05) is 12.3 Å². The highest BCUT2D eigenvalue weighted by Gasteiger charge is 2.03. The number of hydrogen-bond acceptors (Lipinski definition) is 2. The maximum absolute atomic E-state index is 5.87. The molecule has 2 aromatic carbocycles. The van der Waals surface area contributed by atoms with E-state index in [9.17, 15) is 0 Å². The molecule has 1 aromatic heterocycles. The Bertz CT molecular complexity index is 944. The Kier molecular flexibility index (Phi) is 13.2. The van der Waals surface area contributed by atoms with Crippen LogP contribution in [0.1, 0.15) is 101 Å². The predicted molar refractivity (Wildman–Crippen MR) is 155 cm³/mol. The van der Waals surface area contributed by atoms with E-state index in [1.165, 1.54) is 87.3 Å². The van der Waals surface area contributed by atoms with Crippen LogP contribution >= 0.6 is 0 Å². The number of benzene rings is 2. The Morgan fingerprint density at radius 3 is 1.64 bits per heavy atom. The second-order valence-electron chi connectivity index (χ2n) is 10.2. The fourth-order valence-corrected chi connectivity index (χ4v) is 4.64. The van der Waals surface area contributed by atoms with Crippen LogP contribution in [0.2, 0.25) is 0 Å². The van der Waals surface area contributed by atoms with Crippen molar-refractivity contribution in [1.29, 1.82) is 0 Å². The summed E-state index contributed by atoms with van der Waals surface area (Å²) in [6.45, 7) is 5.31. The van der Waals surface area contributed by atoms with Gasteiger partial charge in [0, 0.05) is 5.56 Å². The molecule has 0 unspecified atom stereocenters. The molecule has 0 fully saturated rings. The van der Waals surface area contributed by atoms with Crippen LogP contribution in [0.5, 0.6) is 5.75 Å². The average molecular weight is 486 g/mol. The Morgan fingerprint density at radius 1 is 0.528 bits per heavy atom. The molecule has 0 radical (unpaired) electrons. The fraction of sp³-hybridized carbons (Fsp3) is 0.500. The summed E-state index contributed by atoms with van der Waals surface area (Å²) < 4.78 is 5.87. The maximum Gasteiger partial charge on any atom is 0.137 e. The highest BCUT2D eigenvalue weighted by atomic mass is 16.5. The van der Waals surface area contributed by atoms with Crippen molar-refractivity contribution in [3.05, 3.63) is 83.6 Å². The van der Waals surface area contributed by atoms with Crippen molar-refractivity contribution in [3.63, 3.8) is 0 Å². The minimum absolute atomic E-state index is 0.781. The Morgan fingerprint density at radius 2 is 1.06 bits per heavy atom. The molecule has 2 nitrogen and oxygen atoms in total. The van der Waals surface area contributed by atoms with Gasteiger partial charge in [-0.25, -0.2) is 0 Å². The third kappa shape index (κ3) is 10.6. The lowest BCUT2D eigenvalue weighted by Gasteiger charge is -2.08. The largest absolute Gasteiger partial charge is 0.492 e. The number of aryl methyl sites for hydroxylation is 3. The quantitative estimate of drug-likeness (QED) is 0.167. The lowest BCUT2D eigenvalue weighted by Crippen LogP contribution is -1.98. The van der Waals surface area contributed by atoms with Gasteiger partial charge in [-0.2, -0.15) is 0 Å². The first kappa shape index (κ1) is 28.0. The van der Waals surface area contributed by atoms with Crippen molar-refractivity contribution in [2.45, 2.75) is 104 Å². The van der Waals surface area contributed by atoms with Crippen LogP contribution in [0.4, 0.5) is 0 Å². The van der Waals surface area contributed by atoms with Gasteiger partial charge in [-0.3, -0.25) is 4.98 Å². The zero-order valence-corrected chi connectivity index (χ0v) is 22.8. The van der Waals surface area contributed by atoms with Crippen molar-refractivity contribution >= 4 is 0 Å². The number of ether oxygens (including phenoxy) is 1. The van der Waals surface area contributed by atoms with Crippen LogP contribution in [0.3, 0.4) is 0 Å². The molecule has 3 rings (SSSR count). The minimum Gasteiger partial charge on any atom is -0.492 e. The van der Waals surface area contributed by atoms with E-state index < -0.39 is 0 Å². The van der Waals surface area contributed by atoms with Gasteiger partial charge < -0.3 is 4.74 Å². The first-order chi connectivity index (χ1) is 17.8. The summed E-state index contributed by atoms with van der Waals surface area (Å²) in [6.07, 6.45) is 19.6. The maximum atomic E-state index is 5.87. The van der Waals surface area contributed by atoms with Crippen molar-refractivity contribution in [2.24, 2.45) is 0 Å². The van der Waals surface area contributed by atoms with Gasteiger partial charge in [0.05, 0.1) is 18.5 Å².